The summed E-state index contributed by atoms with van der Waals surface area (Å²) in [6.07, 6.45) is 6.38. The van der Waals surface area contributed by atoms with Crippen LogP contribution in [-0.2, 0) is 12.8 Å². The van der Waals surface area contributed by atoms with Gasteiger partial charge in [-0.05, 0) is 60.9 Å². The lowest BCUT2D eigenvalue weighted by molar-refractivity contribution is 0.406. The molecule has 1 aliphatic carbocycles. The normalized spacial score (nSPS) is 17.1. The van der Waals surface area contributed by atoms with E-state index in [4.69, 9.17) is 10.5 Å². The van der Waals surface area contributed by atoms with Crippen molar-refractivity contribution in [2.45, 2.75) is 44.9 Å². The number of hydrogen-bond acceptors (Lipinski definition) is 2. The largest absolute Gasteiger partial charge is 0.496 e. The van der Waals surface area contributed by atoms with E-state index in [0.717, 1.165) is 5.75 Å². The van der Waals surface area contributed by atoms with E-state index >= 15 is 0 Å². The van der Waals surface area contributed by atoms with E-state index in [1.54, 1.807) is 7.11 Å². The fraction of sp³-hybridized carbons (Fsp3) is 0.600. The van der Waals surface area contributed by atoms with Crippen LogP contribution in [0.15, 0.2) is 12.1 Å². The molecule has 2 nitrogen and oxygen atoms in total. The molecule has 0 aromatic heterocycles. The Labute approximate surface area is 104 Å². The quantitative estimate of drug-likeness (QED) is 0.814. The summed E-state index contributed by atoms with van der Waals surface area (Å²) in [6.45, 7) is 2.84. The molecule has 1 atom stereocenters. The second-order valence-corrected chi connectivity index (χ2v) is 5.06. The first-order valence-corrected chi connectivity index (χ1v) is 6.66. The van der Waals surface area contributed by atoms with Crippen molar-refractivity contribution in [3.8, 4) is 5.75 Å². The Kier molecular flexibility index (Phi) is 4.06. The third-order valence-corrected chi connectivity index (χ3v) is 3.83. The first kappa shape index (κ1) is 12.4. The van der Waals surface area contributed by atoms with Crippen molar-refractivity contribution in [1.29, 1.82) is 0 Å². The SMILES string of the molecule is COc1cc2c(cc1C(C)CN)CCCCC2. The summed E-state index contributed by atoms with van der Waals surface area (Å²) in [5, 5.41) is 0. The fourth-order valence-corrected chi connectivity index (χ4v) is 2.65. The van der Waals surface area contributed by atoms with Crippen molar-refractivity contribution in [3.63, 3.8) is 0 Å². The first-order chi connectivity index (χ1) is 8.26. The average Bonchev–Trinajstić information content (AvgIpc) is 2.60. The Balaban J connectivity index is 2.42. The Bertz CT molecular complexity index is 387. The molecule has 0 bridgehead atoms. The van der Waals surface area contributed by atoms with Crippen LogP contribution in [-0.4, -0.2) is 13.7 Å². The van der Waals surface area contributed by atoms with Crippen LogP contribution in [0, 0.1) is 0 Å². The predicted octanol–water partition coefficient (Wildman–Crippen LogP) is 3.03. The summed E-state index contributed by atoms with van der Waals surface area (Å²) in [7, 11) is 1.76. The van der Waals surface area contributed by atoms with Gasteiger partial charge in [-0.3, -0.25) is 0 Å². The van der Waals surface area contributed by atoms with Gasteiger partial charge < -0.3 is 10.5 Å². The van der Waals surface area contributed by atoms with E-state index in [-0.39, 0.29) is 0 Å². The minimum absolute atomic E-state index is 0.374. The van der Waals surface area contributed by atoms with Crippen LogP contribution in [0.3, 0.4) is 0 Å². The van der Waals surface area contributed by atoms with Crippen molar-refractivity contribution in [1.82, 2.24) is 0 Å². The Hall–Kier alpha value is -1.02. The number of methoxy groups -OCH3 is 1. The summed E-state index contributed by atoms with van der Waals surface area (Å²) in [5.74, 6) is 1.39. The minimum atomic E-state index is 0.374. The first-order valence-electron chi connectivity index (χ1n) is 6.66. The molecule has 0 aliphatic heterocycles. The maximum absolute atomic E-state index is 5.78. The van der Waals surface area contributed by atoms with Gasteiger partial charge in [0.15, 0.2) is 0 Å². The lowest BCUT2D eigenvalue weighted by Crippen LogP contribution is -2.11. The number of aryl methyl sites for hydroxylation is 2. The molecule has 0 fully saturated rings. The van der Waals surface area contributed by atoms with E-state index in [1.165, 1.54) is 48.8 Å². The molecule has 0 spiro atoms. The predicted molar refractivity (Wildman–Crippen MR) is 71.7 cm³/mol. The van der Waals surface area contributed by atoms with Gasteiger partial charge in [0.1, 0.15) is 5.75 Å². The van der Waals surface area contributed by atoms with Gasteiger partial charge in [0, 0.05) is 0 Å². The summed E-state index contributed by atoms with van der Waals surface area (Å²) < 4.78 is 5.52. The number of benzene rings is 1. The highest BCUT2D eigenvalue weighted by molar-refractivity contribution is 5.45. The van der Waals surface area contributed by atoms with Gasteiger partial charge in [-0.1, -0.05) is 19.4 Å². The molecule has 0 radical (unpaired) electrons. The molecule has 0 saturated heterocycles. The van der Waals surface area contributed by atoms with Gasteiger partial charge in [0.25, 0.3) is 0 Å². The molecule has 1 unspecified atom stereocenters. The molecule has 0 saturated carbocycles. The Morgan fingerprint density at radius 1 is 1.18 bits per heavy atom. The van der Waals surface area contributed by atoms with E-state index in [2.05, 4.69) is 19.1 Å². The molecule has 2 N–H and O–H groups in total. The molecular formula is C15H23NO. The summed E-state index contributed by atoms with van der Waals surface area (Å²) in [5.41, 5.74) is 10.0. The van der Waals surface area contributed by atoms with Crippen molar-refractivity contribution in [2.75, 3.05) is 13.7 Å². The van der Waals surface area contributed by atoms with Crippen molar-refractivity contribution >= 4 is 0 Å². The molecule has 1 aliphatic rings. The standard InChI is InChI=1S/C15H23NO/c1-11(10-16)14-8-12-6-4-3-5-7-13(12)9-15(14)17-2/h8-9,11H,3-7,10,16H2,1-2H3. The zero-order chi connectivity index (χ0) is 12.3. The maximum atomic E-state index is 5.78. The smallest absolute Gasteiger partial charge is 0.122 e. The lowest BCUT2D eigenvalue weighted by Gasteiger charge is -2.17. The molecule has 2 rings (SSSR count). The van der Waals surface area contributed by atoms with Crippen LogP contribution >= 0.6 is 0 Å². The van der Waals surface area contributed by atoms with Crippen LogP contribution in [0.2, 0.25) is 0 Å². The third kappa shape index (κ3) is 2.63. The summed E-state index contributed by atoms with van der Waals surface area (Å²) in [6, 6.07) is 4.57. The summed E-state index contributed by atoms with van der Waals surface area (Å²) >= 11 is 0. The average molecular weight is 233 g/mol. The van der Waals surface area contributed by atoms with E-state index in [0.29, 0.717) is 12.5 Å². The monoisotopic (exact) mass is 233 g/mol. The van der Waals surface area contributed by atoms with E-state index in [9.17, 15) is 0 Å². The fourth-order valence-electron chi connectivity index (χ4n) is 2.65. The highest BCUT2D eigenvalue weighted by Gasteiger charge is 2.16. The number of nitrogens with two attached hydrogens (primary N) is 1. The second-order valence-electron chi connectivity index (χ2n) is 5.06. The zero-order valence-corrected chi connectivity index (χ0v) is 11.0. The number of rotatable bonds is 3. The van der Waals surface area contributed by atoms with E-state index < -0.39 is 0 Å². The van der Waals surface area contributed by atoms with Gasteiger partial charge in [0.05, 0.1) is 7.11 Å². The van der Waals surface area contributed by atoms with Gasteiger partial charge in [-0.2, -0.15) is 0 Å². The van der Waals surface area contributed by atoms with Crippen molar-refractivity contribution in [2.24, 2.45) is 5.73 Å². The van der Waals surface area contributed by atoms with Crippen LogP contribution in [0.4, 0.5) is 0 Å². The third-order valence-electron chi connectivity index (χ3n) is 3.83. The molecule has 17 heavy (non-hydrogen) atoms. The Morgan fingerprint density at radius 2 is 1.82 bits per heavy atom. The maximum Gasteiger partial charge on any atom is 0.122 e. The topological polar surface area (TPSA) is 35.2 Å². The zero-order valence-electron chi connectivity index (χ0n) is 11.0. The molecule has 1 aromatic rings. The number of hydrogen-bond donors (Lipinski definition) is 1. The van der Waals surface area contributed by atoms with E-state index in [1.807, 2.05) is 0 Å². The lowest BCUT2D eigenvalue weighted by atomic mass is 9.93. The number of ether oxygens (including phenoxy) is 1. The molecule has 94 valence electrons. The Morgan fingerprint density at radius 3 is 2.41 bits per heavy atom. The van der Waals surface area contributed by atoms with Gasteiger partial charge >= 0.3 is 0 Å². The molecule has 2 heteroatoms. The minimum Gasteiger partial charge on any atom is -0.496 e. The molecule has 1 aromatic carbocycles. The molecule has 0 heterocycles. The van der Waals surface area contributed by atoms with Gasteiger partial charge in [-0.25, -0.2) is 0 Å². The summed E-state index contributed by atoms with van der Waals surface area (Å²) in [4.78, 5) is 0. The highest BCUT2D eigenvalue weighted by Crippen LogP contribution is 2.32. The second kappa shape index (κ2) is 5.54. The highest BCUT2D eigenvalue weighted by atomic mass is 16.5. The van der Waals surface area contributed by atoms with Crippen LogP contribution < -0.4 is 10.5 Å². The van der Waals surface area contributed by atoms with Crippen molar-refractivity contribution in [3.05, 3.63) is 28.8 Å². The van der Waals surface area contributed by atoms with Gasteiger partial charge in [-0.15, -0.1) is 0 Å². The van der Waals surface area contributed by atoms with Crippen LogP contribution in [0.25, 0.3) is 0 Å². The number of fused-ring (bicyclic) bond motifs is 1. The van der Waals surface area contributed by atoms with Gasteiger partial charge in [0.2, 0.25) is 0 Å². The molecular weight excluding hydrogens is 210 g/mol. The molecule has 0 amide bonds. The van der Waals surface area contributed by atoms with Crippen LogP contribution in [0.5, 0.6) is 5.75 Å². The van der Waals surface area contributed by atoms with Crippen LogP contribution in [0.1, 0.15) is 48.8 Å². The van der Waals surface area contributed by atoms with Crippen molar-refractivity contribution < 1.29 is 4.74 Å².